The molecule has 3 nitrogen and oxygen atoms in total. The molecule has 1 unspecified atom stereocenters. The molecule has 3 rings (SSSR count). The lowest BCUT2D eigenvalue weighted by Crippen LogP contribution is -2.15. The Hall–Kier alpha value is -1.85. The van der Waals surface area contributed by atoms with Crippen LogP contribution in [0.25, 0.3) is 0 Å². The van der Waals surface area contributed by atoms with Gasteiger partial charge >= 0.3 is 0 Å². The molecule has 0 saturated carbocycles. The Morgan fingerprint density at radius 2 is 1.93 bits per heavy atom. The van der Waals surface area contributed by atoms with Gasteiger partial charge in [0, 0.05) is 11.9 Å². The number of thioether (sulfide) groups is 2. The number of allylic oxidation sites excluding steroid dienone is 2. The van der Waals surface area contributed by atoms with Gasteiger partial charge in [0.25, 0.3) is 0 Å². The molecule has 0 N–H and O–H groups in total. The molecule has 1 aliphatic heterocycles. The van der Waals surface area contributed by atoms with Crippen LogP contribution in [-0.4, -0.2) is 15.0 Å². The molecule has 0 bridgehead atoms. The van der Waals surface area contributed by atoms with Gasteiger partial charge in [-0.1, -0.05) is 53.7 Å². The van der Waals surface area contributed by atoms with Crippen LogP contribution in [-0.2, 0) is 0 Å². The van der Waals surface area contributed by atoms with E-state index in [1.165, 1.54) is 21.6 Å². The second-order valence-electron chi connectivity index (χ2n) is 7.05. The summed E-state index contributed by atoms with van der Waals surface area (Å²) >= 11 is 3.37. The molecule has 27 heavy (non-hydrogen) atoms. The zero-order valence-electron chi connectivity index (χ0n) is 16.5. The first-order chi connectivity index (χ1) is 12.9. The van der Waals surface area contributed by atoms with E-state index >= 15 is 0 Å². The van der Waals surface area contributed by atoms with Crippen molar-refractivity contribution in [1.29, 1.82) is 0 Å². The molecular weight excluding hydrogens is 370 g/mol. The van der Waals surface area contributed by atoms with Crippen LogP contribution in [0.4, 0.5) is 5.69 Å². The van der Waals surface area contributed by atoms with Gasteiger partial charge in [-0.15, -0.1) is 0 Å². The fraction of sp³-hybridized carbons (Fsp3) is 0.318. The molecule has 2 heterocycles. The van der Waals surface area contributed by atoms with E-state index in [1.807, 2.05) is 19.2 Å². The number of benzene rings is 1. The minimum Gasteiger partial charge on any atom is -0.241 e. The topological polar surface area (TPSA) is 38.1 Å². The molecule has 5 heteroatoms. The van der Waals surface area contributed by atoms with Crippen molar-refractivity contribution >= 4 is 34.3 Å². The minimum absolute atomic E-state index is 0.414. The highest BCUT2D eigenvalue weighted by molar-refractivity contribution is 8.17. The molecule has 0 radical (unpaired) electrons. The van der Waals surface area contributed by atoms with Crippen LogP contribution >= 0.6 is 23.5 Å². The van der Waals surface area contributed by atoms with Gasteiger partial charge in [0.15, 0.2) is 5.16 Å². The number of aliphatic imine (C=N–C) groups is 1. The molecule has 0 spiro atoms. The van der Waals surface area contributed by atoms with Crippen molar-refractivity contribution in [1.82, 2.24) is 9.97 Å². The first-order valence-corrected chi connectivity index (χ1v) is 10.8. The number of hydrogen-bond acceptors (Lipinski definition) is 5. The summed E-state index contributed by atoms with van der Waals surface area (Å²) < 4.78 is 0. The summed E-state index contributed by atoms with van der Waals surface area (Å²) in [6.45, 7) is 10.7. The number of aryl methyl sites for hydroxylation is 2. The first-order valence-electron chi connectivity index (χ1n) is 9.08. The van der Waals surface area contributed by atoms with Crippen molar-refractivity contribution in [3.05, 3.63) is 69.2 Å². The highest BCUT2D eigenvalue weighted by atomic mass is 32.2. The fourth-order valence-corrected chi connectivity index (χ4v) is 4.98. The number of aromatic nitrogens is 2. The Bertz CT molecular complexity index is 907. The van der Waals surface area contributed by atoms with E-state index in [0.717, 1.165) is 28.0 Å². The second kappa shape index (κ2) is 8.89. The quantitative estimate of drug-likeness (QED) is 0.420. The Balaban J connectivity index is 1.96. The SMILES string of the molecule is CC(C)=C1CC(C)C(=C\Sc2nccc(C)n2)/C(=N/c2ccc(C)cc2)S1. The molecule has 1 aliphatic rings. The summed E-state index contributed by atoms with van der Waals surface area (Å²) in [5, 5.41) is 4.04. The summed E-state index contributed by atoms with van der Waals surface area (Å²) in [5.74, 6) is 0.414. The molecular formula is C22H25N3S2. The van der Waals surface area contributed by atoms with Crippen molar-refractivity contribution in [3.63, 3.8) is 0 Å². The molecule has 2 aromatic rings. The summed E-state index contributed by atoms with van der Waals surface area (Å²) in [5.41, 5.74) is 5.86. The highest BCUT2D eigenvalue weighted by Gasteiger charge is 2.25. The minimum atomic E-state index is 0.414. The highest BCUT2D eigenvalue weighted by Crippen LogP contribution is 2.42. The summed E-state index contributed by atoms with van der Waals surface area (Å²) in [4.78, 5) is 15.3. The van der Waals surface area contributed by atoms with Gasteiger partial charge in [-0.25, -0.2) is 15.0 Å². The van der Waals surface area contributed by atoms with E-state index in [2.05, 4.69) is 67.3 Å². The van der Waals surface area contributed by atoms with Crippen LogP contribution in [0, 0.1) is 19.8 Å². The molecule has 1 aromatic heterocycles. The first kappa shape index (κ1) is 19.9. The van der Waals surface area contributed by atoms with Gasteiger partial charge in [0.1, 0.15) is 5.04 Å². The monoisotopic (exact) mass is 395 g/mol. The molecule has 0 aliphatic carbocycles. The van der Waals surface area contributed by atoms with Gasteiger partial charge in [-0.3, -0.25) is 0 Å². The van der Waals surface area contributed by atoms with Gasteiger partial charge < -0.3 is 0 Å². The van der Waals surface area contributed by atoms with E-state index in [1.54, 1.807) is 23.5 Å². The summed E-state index contributed by atoms with van der Waals surface area (Å²) in [7, 11) is 0. The van der Waals surface area contributed by atoms with E-state index < -0.39 is 0 Å². The summed E-state index contributed by atoms with van der Waals surface area (Å²) in [6.07, 6.45) is 2.87. The molecule has 0 amide bonds. The van der Waals surface area contributed by atoms with Gasteiger partial charge in [0.05, 0.1) is 5.69 Å². The second-order valence-corrected chi connectivity index (χ2v) is 8.97. The molecule has 140 valence electrons. The third-order valence-electron chi connectivity index (χ3n) is 4.38. The Morgan fingerprint density at radius 1 is 1.19 bits per heavy atom. The van der Waals surface area contributed by atoms with E-state index in [9.17, 15) is 0 Å². The molecule has 1 saturated heterocycles. The molecule has 1 atom stereocenters. The van der Waals surface area contributed by atoms with Crippen molar-refractivity contribution in [2.45, 2.75) is 46.2 Å². The van der Waals surface area contributed by atoms with Crippen LogP contribution in [0.2, 0.25) is 0 Å². The number of hydrogen-bond donors (Lipinski definition) is 0. The standard InChI is InChI=1S/C22H25N3S2/c1-14(2)20-12-16(4)19(13-26-22-23-11-10-17(5)24-22)21(27-20)25-18-8-6-15(3)7-9-18/h6-11,13,16H,12H2,1-5H3/b19-13+,25-21-. The third kappa shape index (κ3) is 5.33. The van der Waals surface area contributed by atoms with Crippen LogP contribution in [0.5, 0.6) is 0 Å². The van der Waals surface area contributed by atoms with Crippen molar-refractivity contribution in [2.24, 2.45) is 10.9 Å². The predicted octanol–water partition coefficient (Wildman–Crippen LogP) is 6.87. The van der Waals surface area contributed by atoms with Gasteiger partial charge in [0.2, 0.25) is 0 Å². The molecule has 1 aromatic carbocycles. The summed E-state index contributed by atoms with van der Waals surface area (Å²) in [6, 6.07) is 10.3. The van der Waals surface area contributed by atoms with E-state index in [0.29, 0.717) is 5.92 Å². The maximum absolute atomic E-state index is 4.98. The zero-order chi connectivity index (χ0) is 19.4. The largest absolute Gasteiger partial charge is 0.241 e. The van der Waals surface area contributed by atoms with E-state index in [4.69, 9.17) is 4.99 Å². The zero-order valence-corrected chi connectivity index (χ0v) is 18.1. The van der Waals surface area contributed by atoms with Crippen LogP contribution in [0.15, 0.2) is 68.1 Å². The molecule has 1 fully saturated rings. The lowest BCUT2D eigenvalue weighted by molar-refractivity contribution is 0.710. The average molecular weight is 396 g/mol. The van der Waals surface area contributed by atoms with Crippen molar-refractivity contribution in [3.8, 4) is 0 Å². The van der Waals surface area contributed by atoms with Crippen LogP contribution in [0.1, 0.15) is 38.4 Å². The Kier molecular flexibility index (Phi) is 6.55. The van der Waals surface area contributed by atoms with Crippen LogP contribution in [0.3, 0.4) is 0 Å². The smallest absolute Gasteiger partial charge is 0.192 e. The van der Waals surface area contributed by atoms with E-state index in [-0.39, 0.29) is 0 Å². The lowest BCUT2D eigenvalue weighted by atomic mass is 9.97. The number of nitrogens with zero attached hydrogens (tertiary/aromatic N) is 3. The average Bonchev–Trinajstić information content (AvgIpc) is 2.62. The maximum atomic E-state index is 4.98. The predicted molar refractivity (Wildman–Crippen MR) is 119 cm³/mol. The number of rotatable bonds is 3. The Labute approximate surface area is 170 Å². The van der Waals surface area contributed by atoms with Crippen molar-refractivity contribution in [2.75, 3.05) is 0 Å². The van der Waals surface area contributed by atoms with Gasteiger partial charge in [-0.05, 0) is 74.1 Å². The normalized spacial score (nSPS) is 20.3. The maximum Gasteiger partial charge on any atom is 0.192 e. The third-order valence-corrected chi connectivity index (χ3v) is 6.50. The van der Waals surface area contributed by atoms with Gasteiger partial charge in [-0.2, -0.15) is 0 Å². The van der Waals surface area contributed by atoms with Crippen molar-refractivity contribution < 1.29 is 0 Å². The lowest BCUT2D eigenvalue weighted by Gasteiger charge is -2.26. The Morgan fingerprint density at radius 3 is 2.59 bits per heavy atom. The fourth-order valence-electron chi connectivity index (χ4n) is 2.71. The van der Waals surface area contributed by atoms with Crippen LogP contribution < -0.4 is 0 Å².